The van der Waals surface area contributed by atoms with E-state index in [4.69, 9.17) is 39.5 Å². The Hall–Kier alpha value is -1.43. The molecule has 1 radical (unpaired) electrons. The van der Waals surface area contributed by atoms with Crippen LogP contribution in [-0.2, 0) is 4.79 Å². The number of carbonyl (C=O) groups excluding carboxylic acids is 1. The van der Waals surface area contributed by atoms with E-state index >= 15 is 0 Å². The first kappa shape index (κ1) is 17.9. The molecule has 0 bridgehead atoms. The van der Waals surface area contributed by atoms with Gasteiger partial charge in [-0.05, 0) is 18.6 Å². The molecule has 0 saturated heterocycles. The number of amides is 1. The van der Waals surface area contributed by atoms with Gasteiger partial charge in [-0.1, -0.05) is 41.7 Å². The van der Waals surface area contributed by atoms with Crippen LogP contribution in [0.2, 0.25) is 15.1 Å². The summed E-state index contributed by atoms with van der Waals surface area (Å²) in [4.78, 5) is 17.8. The molecule has 1 amide bonds. The molecular formula is C15H15Cl3N3O2. The number of rotatable bonds is 7. The van der Waals surface area contributed by atoms with E-state index in [1.54, 1.807) is 17.0 Å². The minimum absolute atomic E-state index is 0.181. The molecule has 0 N–H and O–H groups in total. The van der Waals surface area contributed by atoms with Gasteiger partial charge in [-0.2, -0.15) is 0 Å². The molecule has 1 aromatic rings. The molecule has 8 heteroatoms. The van der Waals surface area contributed by atoms with Gasteiger partial charge in [0.15, 0.2) is 5.75 Å². The van der Waals surface area contributed by atoms with Crippen LogP contribution in [0.1, 0.15) is 13.3 Å². The highest BCUT2D eigenvalue weighted by atomic mass is 35.5. The molecule has 23 heavy (non-hydrogen) atoms. The molecule has 1 aromatic carbocycles. The molecular weight excluding hydrogens is 361 g/mol. The van der Waals surface area contributed by atoms with Crippen LogP contribution < -0.4 is 10.1 Å². The number of nitrogens with zero attached hydrogens (tertiary/aromatic N) is 3. The zero-order valence-corrected chi connectivity index (χ0v) is 14.7. The molecule has 0 aliphatic carbocycles. The summed E-state index contributed by atoms with van der Waals surface area (Å²) < 4.78 is 5.61. The number of hydrogen-bond donors (Lipinski definition) is 0. The van der Waals surface area contributed by atoms with E-state index in [1.807, 2.05) is 6.92 Å². The van der Waals surface area contributed by atoms with Crippen LogP contribution in [0.5, 0.6) is 5.75 Å². The monoisotopic (exact) mass is 374 g/mol. The fraction of sp³-hybridized carbons (Fsp3) is 0.333. The summed E-state index contributed by atoms with van der Waals surface area (Å²) in [5, 5.41) is 5.02. The summed E-state index contributed by atoms with van der Waals surface area (Å²) in [6.07, 6.45) is 3.79. The average molecular weight is 376 g/mol. The summed E-state index contributed by atoms with van der Waals surface area (Å²) >= 11 is 18.0. The topological polar surface area (TPSA) is 56.0 Å². The van der Waals surface area contributed by atoms with Gasteiger partial charge in [0.2, 0.25) is 5.84 Å². The van der Waals surface area contributed by atoms with E-state index in [2.05, 4.69) is 10.3 Å². The third-order valence-electron chi connectivity index (χ3n) is 3.00. The van der Waals surface area contributed by atoms with Crippen LogP contribution in [0.15, 0.2) is 29.5 Å². The number of carbonyl (C=O) groups is 1. The lowest BCUT2D eigenvalue weighted by molar-refractivity contribution is -0.124. The van der Waals surface area contributed by atoms with Crippen molar-refractivity contribution in [1.82, 2.24) is 10.2 Å². The van der Waals surface area contributed by atoms with Crippen LogP contribution >= 0.6 is 34.8 Å². The van der Waals surface area contributed by atoms with Crippen molar-refractivity contribution < 1.29 is 9.53 Å². The summed E-state index contributed by atoms with van der Waals surface area (Å²) in [5.41, 5.74) is 0. The lowest BCUT2D eigenvalue weighted by Gasteiger charge is -2.22. The van der Waals surface area contributed by atoms with Crippen LogP contribution in [0, 0.1) is 0 Å². The van der Waals surface area contributed by atoms with E-state index < -0.39 is 0 Å². The van der Waals surface area contributed by atoms with Crippen molar-refractivity contribution in [3.8, 4) is 5.75 Å². The van der Waals surface area contributed by atoms with Gasteiger partial charge in [0.1, 0.15) is 6.61 Å². The Bertz CT molecular complexity index is 624. The van der Waals surface area contributed by atoms with E-state index in [0.717, 1.165) is 6.42 Å². The Kier molecular flexibility index (Phi) is 6.57. The van der Waals surface area contributed by atoms with Gasteiger partial charge < -0.3 is 9.64 Å². The lowest BCUT2D eigenvalue weighted by atomic mass is 10.3. The molecule has 0 spiro atoms. The standard InChI is InChI=1S/C15H15Cl3N3O2/c1-2-5-21(15(22)14-19-3-4-20-14)6-7-23-13-11(17)8-10(16)9-12(13)18/h3-4,8-9H,2,5-7H2,1H3. The van der Waals surface area contributed by atoms with Gasteiger partial charge in [-0.3, -0.25) is 4.79 Å². The zero-order valence-electron chi connectivity index (χ0n) is 12.4. The maximum atomic E-state index is 12.3. The van der Waals surface area contributed by atoms with E-state index in [0.29, 0.717) is 33.9 Å². The molecule has 1 aliphatic heterocycles. The maximum Gasteiger partial charge on any atom is 0.291 e. The smallest absolute Gasteiger partial charge is 0.291 e. The summed E-state index contributed by atoms with van der Waals surface area (Å²) in [5.74, 6) is 0.306. The largest absolute Gasteiger partial charge is 0.489 e. The molecule has 0 unspecified atom stereocenters. The van der Waals surface area contributed by atoms with Gasteiger partial charge >= 0.3 is 0 Å². The second-order valence-corrected chi connectivity index (χ2v) is 5.97. The van der Waals surface area contributed by atoms with Crippen molar-refractivity contribution in [3.63, 3.8) is 0 Å². The fourth-order valence-corrected chi connectivity index (χ4v) is 2.93. The van der Waals surface area contributed by atoms with Crippen molar-refractivity contribution >= 4 is 46.5 Å². The number of aliphatic imine (C=N–C) groups is 1. The van der Waals surface area contributed by atoms with Crippen molar-refractivity contribution in [2.75, 3.05) is 19.7 Å². The van der Waals surface area contributed by atoms with Crippen LogP contribution in [0.4, 0.5) is 0 Å². The minimum Gasteiger partial charge on any atom is -0.489 e. The predicted octanol–water partition coefficient (Wildman–Crippen LogP) is 3.75. The predicted molar refractivity (Wildman–Crippen MR) is 92.5 cm³/mol. The normalized spacial score (nSPS) is 12.8. The van der Waals surface area contributed by atoms with Crippen molar-refractivity contribution in [1.29, 1.82) is 0 Å². The Balaban J connectivity index is 1.96. The van der Waals surface area contributed by atoms with Gasteiger partial charge in [-0.25, -0.2) is 10.3 Å². The molecule has 2 rings (SSSR count). The third-order valence-corrected chi connectivity index (χ3v) is 3.78. The van der Waals surface area contributed by atoms with E-state index in [1.165, 1.54) is 12.4 Å². The van der Waals surface area contributed by atoms with Crippen LogP contribution in [-0.4, -0.2) is 36.3 Å². The van der Waals surface area contributed by atoms with Gasteiger partial charge in [-0.15, -0.1) is 0 Å². The number of hydrogen-bond acceptors (Lipinski definition) is 3. The van der Waals surface area contributed by atoms with Gasteiger partial charge in [0.05, 0.1) is 16.6 Å². The summed E-state index contributed by atoms with van der Waals surface area (Å²) in [7, 11) is 0. The first-order valence-electron chi connectivity index (χ1n) is 7.03. The second-order valence-electron chi connectivity index (χ2n) is 4.72. The SMILES string of the molecule is CCCN(CCOc1c(Cl)cc(Cl)cc1Cl)C(=O)C1=NC=C[N]1. The third kappa shape index (κ3) is 4.77. The van der Waals surface area contributed by atoms with E-state index in [9.17, 15) is 4.79 Å². The Morgan fingerprint density at radius 2 is 1.87 bits per heavy atom. The van der Waals surface area contributed by atoms with Gasteiger partial charge in [0, 0.05) is 24.0 Å². The van der Waals surface area contributed by atoms with Gasteiger partial charge in [0.25, 0.3) is 5.91 Å². The van der Waals surface area contributed by atoms with Crippen molar-refractivity contribution in [2.45, 2.75) is 13.3 Å². The highest BCUT2D eigenvalue weighted by Gasteiger charge is 2.21. The molecule has 0 saturated carbocycles. The summed E-state index contributed by atoms with van der Waals surface area (Å²) in [6, 6.07) is 3.11. The fourth-order valence-electron chi connectivity index (χ4n) is 2.00. The van der Waals surface area contributed by atoms with E-state index in [-0.39, 0.29) is 18.3 Å². The molecule has 123 valence electrons. The molecule has 5 nitrogen and oxygen atoms in total. The highest BCUT2D eigenvalue weighted by Crippen LogP contribution is 2.35. The molecule has 1 heterocycles. The molecule has 1 aliphatic rings. The minimum atomic E-state index is -0.228. The number of amidine groups is 1. The maximum absolute atomic E-state index is 12.3. The van der Waals surface area contributed by atoms with Crippen LogP contribution in [0.25, 0.3) is 0 Å². The van der Waals surface area contributed by atoms with Crippen LogP contribution in [0.3, 0.4) is 0 Å². The number of halogens is 3. The zero-order chi connectivity index (χ0) is 16.8. The lowest BCUT2D eigenvalue weighted by Crippen LogP contribution is -2.41. The summed E-state index contributed by atoms with van der Waals surface area (Å²) in [6.45, 7) is 3.18. The van der Waals surface area contributed by atoms with Crippen molar-refractivity contribution in [3.05, 3.63) is 39.6 Å². The quantitative estimate of drug-likeness (QED) is 0.729. The van der Waals surface area contributed by atoms with Crippen molar-refractivity contribution in [2.24, 2.45) is 4.99 Å². The Morgan fingerprint density at radius 3 is 2.43 bits per heavy atom. The Labute approximate surface area is 149 Å². The second kappa shape index (κ2) is 8.43. The number of ether oxygens (including phenoxy) is 1. The number of benzene rings is 1. The average Bonchev–Trinajstić information content (AvgIpc) is 3.02. The molecule has 0 fully saturated rings. The first-order valence-corrected chi connectivity index (χ1v) is 8.16. The molecule has 0 aromatic heterocycles. The highest BCUT2D eigenvalue weighted by molar-refractivity contribution is 6.40. The molecule has 0 atom stereocenters. The first-order chi connectivity index (χ1) is 11.0. The Morgan fingerprint density at radius 1 is 1.17 bits per heavy atom.